The molecule has 0 saturated heterocycles. The maximum Gasteiger partial charge on any atom is 0.411 e. The van der Waals surface area contributed by atoms with E-state index in [0.29, 0.717) is 12.5 Å². The Balaban J connectivity index is 1.67. The van der Waals surface area contributed by atoms with Gasteiger partial charge in [-0.2, -0.15) is 0 Å². The van der Waals surface area contributed by atoms with E-state index in [1.165, 1.54) is 18.4 Å². The Morgan fingerprint density at radius 1 is 1.36 bits per heavy atom. The number of rotatable bonds is 2. The van der Waals surface area contributed by atoms with E-state index >= 15 is 0 Å². The number of hydrogen-bond donors (Lipinski definition) is 1. The summed E-state index contributed by atoms with van der Waals surface area (Å²) in [6, 6.07) is 5.75. The zero-order chi connectivity index (χ0) is 17.8. The van der Waals surface area contributed by atoms with Crippen molar-refractivity contribution in [3.8, 4) is 0 Å². The molecule has 0 bridgehead atoms. The first kappa shape index (κ1) is 16.6. The summed E-state index contributed by atoms with van der Waals surface area (Å²) in [6.07, 6.45) is 4.33. The van der Waals surface area contributed by atoms with Crippen molar-refractivity contribution in [3.63, 3.8) is 0 Å². The van der Waals surface area contributed by atoms with Crippen molar-refractivity contribution in [1.82, 2.24) is 14.9 Å². The lowest BCUT2D eigenvalue weighted by Gasteiger charge is -2.28. The molecule has 1 aliphatic carbocycles. The fraction of sp³-hybridized carbons (Fsp3) is 0.474. The van der Waals surface area contributed by atoms with Gasteiger partial charge in [-0.05, 0) is 63.3 Å². The number of aromatic nitrogens is 2. The van der Waals surface area contributed by atoms with Crippen LogP contribution in [0.1, 0.15) is 45.5 Å². The molecule has 0 spiro atoms. The van der Waals surface area contributed by atoms with E-state index in [-0.39, 0.29) is 12.1 Å². The van der Waals surface area contributed by atoms with Gasteiger partial charge in [0.15, 0.2) is 0 Å². The number of amides is 1. The number of imidazole rings is 1. The number of benzene rings is 1. The van der Waals surface area contributed by atoms with Crippen molar-refractivity contribution >= 4 is 33.1 Å². The first-order valence-corrected chi connectivity index (χ1v) is 9.45. The van der Waals surface area contributed by atoms with Crippen LogP contribution < -0.4 is 0 Å². The predicted molar refractivity (Wildman–Crippen MR) is 100 cm³/mol. The summed E-state index contributed by atoms with van der Waals surface area (Å²) in [4.78, 5) is 22.6. The van der Waals surface area contributed by atoms with Gasteiger partial charge in [0, 0.05) is 11.0 Å². The van der Waals surface area contributed by atoms with Crippen LogP contribution in [0, 0.1) is 5.92 Å². The highest BCUT2D eigenvalue weighted by molar-refractivity contribution is 9.10. The molecule has 4 rings (SSSR count). The summed E-state index contributed by atoms with van der Waals surface area (Å²) in [5.74, 6) is 1.41. The highest BCUT2D eigenvalue weighted by Crippen LogP contribution is 2.43. The van der Waals surface area contributed by atoms with Crippen molar-refractivity contribution < 1.29 is 9.53 Å². The lowest BCUT2D eigenvalue weighted by atomic mass is 10.1. The number of hydrogen-bond acceptors (Lipinski definition) is 3. The average Bonchev–Trinajstić information content (AvgIpc) is 3.12. The van der Waals surface area contributed by atoms with Crippen molar-refractivity contribution in [2.45, 2.75) is 45.3 Å². The van der Waals surface area contributed by atoms with Gasteiger partial charge in [0.2, 0.25) is 0 Å². The van der Waals surface area contributed by atoms with Gasteiger partial charge in [-0.3, -0.25) is 4.90 Å². The van der Waals surface area contributed by atoms with Gasteiger partial charge >= 0.3 is 6.09 Å². The molecule has 2 heterocycles. The van der Waals surface area contributed by atoms with E-state index in [2.05, 4.69) is 27.0 Å². The second-order valence-corrected chi connectivity index (χ2v) is 8.77. The monoisotopic (exact) mass is 403 g/mol. The van der Waals surface area contributed by atoms with Gasteiger partial charge < -0.3 is 9.72 Å². The quantitative estimate of drug-likeness (QED) is 0.721. The standard InChI is InChI=1S/C19H22BrN3O2/c1-19(2,3)25-18(24)23-10-12(11-4-5-11)8-16(23)17-21-14-7-6-13(20)9-15(14)22-17/h6-9,11,16H,4-5,10H2,1-3H3,(H,21,22). The number of carbonyl (C=O) groups excluding carboxylic acids is 1. The molecular formula is C19H22BrN3O2. The van der Waals surface area contributed by atoms with Crippen LogP contribution in [0.15, 0.2) is 34.3 Å². The summed E-state index contributed by atoms with van der Waals surface area (Å²) in [6.45, 7) is 6.31. The second kappa shape index (κ2) is 5.87. The van der Waals surface area contributed by atoms with Crippen molar-refractivity contribution in [2.75, 3.05) is 6.54 Å². The summed E-state index contributed by atoms with van der Waals surface area (Å²) in [5, 5.41) is 0. The number of H-pyrrole nitrogens is 1. The molecule has 25 heavy (non-hydrogen) atoms. The number of nitrogens with one attached hydrogen (secondary N) is 1. The molecule has 1 atom stereocenters. The van der Waals surface area contributed by atoms with Gasteiger partial charge in [0.05, 0.1) is 11.0 Å². The Kier molecular flexibility index (Phi) is 3.90. The summed E-state index contributed by atoms with van der Waals surface area (Å²) < 4.78 is 6.62. The highest BCUT2D eigenvalue weighted by Gasteiger charge is 2.39. The molecule has 132 valence electrons. The van der Waals surface area contributed by atoms with Crippen LogP contribution in [0.4, 0.5) is 4.79 Å². The molecule has 2 aromatic rings. The van der Waals surface area contributed by atoms with E-state index in [1.54, 1.807) is 4.90 Å². The van der Waals surface area contributed by atoms with Gasteiger partial charge in [-0.15, -0.1) is 0 Å². The van der Waals surface area contributed by atoms with Crippen LogP contribution in [-0.4, -0.2) is 33.1 Å². The molecular weight excluding hydrogens is 382 g/mol. The molecule has 1 aliphatic heterocycles. The predicted octanol–water partition coefficient (Wildman–Crippen LogP) is 4.95. The van der Waals surface area contributed by atoms with Gasteiger partial charge in [-0.25, -0.2) is 9.78 Å². The Hall–Kier alpha value is -1.82. The Bertz CT molecular complexity index is 861. The van der Waals surface area contributed by atoms with E-state index in [4.69, 9.17) is 9.72 Å². The third kappa shape index (κ3) is 3.45. The maximum absolute atomic E-state index is 12.7. The van der Waals surface area contributed by atoms with Crippen molar-refractivity contribution in [2.24, 2.45) is 5.92 Å². The van der Waals surface area contributed by atoms with Crippen molar-refractivity contribution in [3.05, 3.63) is 40.1 Å². The van der Waals surface area contributed by atoms with E-state index < -0.39 is 5.60 Å². The topological polar surface area (TPSA) is 58.2 Å². The third-order valence-electron chi connectivity index (χ3n) is 4.53. The van der Waals surface area contributed by atoms with Gasteiger partial charge in [0.1, 0.15) is 17.5 Å². The number of halogens is 1. The summed E-state index contributed by atoms with van der Waals surface area (Å²) in [5.41, 5.74) is 2.68. The number of fused-ring (bicyclic) bond motifs is 1. The molecule has 6 heteroatoms. The largest absolute Gasteiger partial charge is 0.444 e. The summed E-state index contributed by atoms with van der Waals surface area (Å²) >= 11 is 3.49. The molecule has 1 N–H and O–H groups in total. The minimum Gasteiger partial charge on any atom is -0.444 e. The molecule has 1 aromatic heterocycles. The number of aromatic amines is 1. The second-order valence-electron chi connectivity index (χ2n) is 7.85. The van der Waals surface area contributed by atoms with Crippen LogP contribution in [0.25, 0.3) is 11.0 Å². The molecule has 1 aromatic carbocycles. The van der Waals surface area contributed by atoms with E-state index in [1.807, 2.05) is 39.0 Å². The van der Waals surface area contributed by atoms with E-state index in [0.717, 1.165) is 21.3 Å². The average molecular weight is 404 g/mol. The van der Waals surface area contributed by atoms with Crippen LogP contribution >= 0.6 is 15.9 Å². The van der Waals surface area contributed by atoms with Crippen LogP contribution in [0.3, 0.4) is 0 Å². The molecule has 1 amide bonds. The fourth-order valence-corrected chi connectivity index (χ4v) is 3.59. The van der Waals surface area contributed by atoms with E-state index in [9.17, 15) is 4.79 Å². The normalized spacial score (nSPS) is 20.9. The van der Waals surface area contributed by atoms with Crippen molar-refractivity contribution in [1.29, 1.82) is 0 Å². The number of carbonyl (C=O) groups is 1. The zero-order valence-corrected chi connectivity index (χ0v) is 16.3. The molecule has 5 nitrogen and oxygen atoms in total. The maximum atomic E-state index is 12.7. The summed E-state index contributed by atoms with van der Waals surface area (Å²) in [7, 11) is 0. The highest BCUT2D eigenvalue weighted by atomic mass is 79.9. The molecule has 1 fully saturated rings. The zero-order valence-electron chi connectivity index (χ0n) is 14.7. The Morgan fingerprint density at radius 2 is 2.12 bits per heavy atom. The van der Waals surface area contributed by atoms with Gasteiger partial charge in [0.25, 0.3) is 0 Å². The molecule has 0 radical (unpaired) electrons. The lowest BCUT2D eigenvalue weighted by Crippen LogP contribution is -2.37. The van der Waals surface area contributed by atoms with Crippen LogP contribution in [0.2, 0.25) is 0 Å². The Morgan fingerprint density at radius 3 is 2.80 bits per heavy atom. The Labute approximate surface area is 155 Å². The molecule has 1 unspecified atom stereocenters. The minimum absolute atomic E-state index is 0.198. The van der Waals surface area contributed by atoms with Gasteiger partial charge in [-0.1, -0.05) is 22.0 Å². The van der Waals surface area contributed by atoms with Crippen LogP contribution in [0.5, 0.6) is 0 Å². The number of ether oxygens (including phenoxy) is 1. The SMILES string of the molecule is CC(C)(C)OC(=O)N1CC(C2CC2)=CC1c1nc2ccc(Br)cc2[nH]1. The minimum atomic E-state index is -0.511. The lowest BCUT2D eigenvalue weighted by molar-refractivity contribution is 0.0232. The number of nitrogens with zero attached hydrogens (tertiary/aromatic N) is 2. The van der Waals surface area contributed by atoms with Crippen LogP contribution in [-0.2, 0) is 4.74 Å². The smallest absolute Gasteiger partial charge is 0.411 e. The fourth-order valence-electron chi connectivity index (χ4n) is 3.23. The first-order chi connectivity index (χ1) is 11.8. The molecule has 2 aliphatic rings. The third-order valence-corrected chi connectivity index (χ3v) is 5.03. The molecule has 1 saturated carbocycles. The first-order valence-electron chi connectivity index (χ1n) is 8.65.